The van der Waals surface area contributed by atoms with Crippen LogP contribution < -0.4 is 30.7 Å². The summed E-state index contributed by atoms with van der Waals surface area (Å²) in [6, 6.07) is 44.5. The number of nitrogens with zero attached hydrogens (tertiary/aromatic N) is 2. The third-order valence-electron chi connectivity index (χ3n) is 16.5. The van der Waals surface area contributed by atoms with Crippen molar-refractivity contribution in [2.75, 3.05) is 9.80 Å². The van der Waals surface area contributed by atoms with Gasteiger partial charge >= 0.3 is 0 Å². The first-order valence-electron chi connectivity index (χ1n) is 26.3. The average molecular weight is 959 g/mol. The molecule has 3 heterocycles. The number of anilines is 6. The van der Waals surface area contributed by atoms with Gasteiger partial charge in [-0.2, -0.15) is 0 Å². The molecule has 70 heavy (non-hydrogen) atoms. The summed E-state index contributed by atoms with van der Waals surface area (Å²) in [5.74, 6) is 0. The van der Waals surface area contributed by atoms with Crippen molar-refractivity contribution >= 4 is 91.2 Å². The van der Waals surface area contributed by atoms with Crippen LogP contribution in [0.3, 0.4) is 0 Å². The summed E-state index contributed by atoms with van der Waals surface area (Å²) in [5.41, 5.74) is 21.5. The first-order valence-corrected chi connectivity index (χ1v) is 30.6. The molecule has 6 aromatic carbocycles. The number of benzene rings is 6. The van der Waals surface area contributed by atoms with Crippen molar-refractivity contribution in [3.63, 3.8) is 0 Å². The van der Waals surface area contributed by atoms with Gasteiger partial charge in [-0.25, -0.2) is 0 Å². The zero-order valence-corrected chi connectivity index (χ0v) is 48.0. The summed E-state index contributed by atoms with van der Waals surface area (Å²) in [6.45, 7) is 45.6. The van der Waals surface area contributed by atoms with Gasteiger partial charge in [0.25, 0.3) is 6.71 Å². The Balaban J connectivity index is 1.35. The molecule has 2 aliphatic heterocycles. The molecule has 3 aliphatic rings. The van der Waals surface area contributed by atoms with Crippen LogP contribution in [0.2, 0.25) is 19.6 Å². The summed E-state index contributed by atoms with van der Waals surface area (Å²) in [7, 11) is -1.52. The fourth-order valence-electron chi connectivity index (χ4n) is 11.7. The molecule has 0 saturated heterocycles. The lowest BCUT2D eigenvalue weighted by Crippen LogP contribution is -2.60. The van der Waals surface area contributed by atoms with Crippen LogP contribution in [0.25, 0.3) is 21.2 Å². The fourth-order valence-corrected chi connectivity index (χ4v) is 14.2. The maximum Gasteiger partial charge on any atom is 0.264 e. The third-order valence-corrected chi connectivity index (χ3v) is 19.8. The molecule has 0 amide bonds. The molecule has 0 spiro atoms. The van der Waals surface area contributed by atoms with Crippen molar-refractivity contribution in [1.82, 2.24) is 0 Å². The monoisotopic (exact) mass is 959 g/mol. The van der Waals surface area contributed by atoms with Gasteiger partial charge < -0.3 is 9.80 Å². The highest BCUT2D eigenvalue weighted by molar-refractivity contribution is 7.33. The quantitative estimate of drug-likeness (QED) is 0.162. The van der Waals surface area contributed by atoms with Crippen LogP contribution in [-0.4, -0.2) is 14.8 Å². The van der Waals surface area contributed by atoms with Gasteiger partial charge in [-0.15, -0.1) is 11.3 Å². The van der Waals surface area contributed by atoms with E-state index < -0.39 is 8.07 Å². The molecule has 0 radical (unpaired) electrons. The van der Waals surface area contributed by atoms with Crippen LogP contribution in [0.15, 0.2) is 109 Å². The van der Waals surface area contributed by atoms with Crippen LogP contribution >= 0.6 is 11.3 Å². The number of thiophene rings is 1. The van der Waals surface area contributed by atoms with Crippen molar-refractivity contribution in [1.29, 1.82) is 0 Å². The predicted octanol–water partition coefficient (Wildman–Crippen LogP) is 16.7. The van der Waals surface area contributed by atoms with Gasteiger partial charge in [-0.05, 0) is 150 Å². The summed E-state index contributed by atoms with van der Waals surface area (Å²) >= 11 is 2.05. The molecule has 10 rings (SSSR count). The number of hydrogen-bond acceptors (Lipinski definition) is 3. The van der Waals surface area contributed by atoms with Gasteiger partial charge in [0.2, 0.25) is 0 Å². The molecule has 0 fully saturated rings. The van der Waals surface area contributed by atoms with E-state index in [2.05, 4.69) is 261 Å². The van der Waals surface area contributed by atoms with Gasteiger partial charge in [-0.1, -0.05) is 190 Å². The first-order chi connectivity index (χ1) is 32.3. The zero-order valence-electron chi connectivity index (χ0n) is 46.2. The van der Waals surface area contributed by atoms with Gasteiger partial charge in [0.1, 0.15) is 0 Å². The van der Waals surface area contributed by atoms with E-state index in [1.165, 1.54) is 122 Å². The van der Waals surface area contributed by atoms with Crippen molar-refractivity contribution in [2.24, 2.45) is 0 Å². The minimum absolute atomic E-state index is 0.0202. The molecular formula is C65H79BN2SSi. The highest BCUT2D eigenvalue weighted by Gasteiger charge is 2.48. The van der Waals surface area contributed by atoms with Crippen LogP contribution in [0, 0.1) is 0 Å². The van der Waals surface area contributed by atoms with Crippen molar-refractivity contribution in [3.8, 4) is 11.1 Å². The molecule has 2 nitrogen and oxygen atoms in total. The first kappa shape index (κ1) is 48.8. The molecule has 0 N–H and O–H groups in total. The number of rotatable bonds is 4. The Labute approximate surface area is 428 Å². The smallest absolute Gasteiger partial charge is 0.264 e. The van der Waals surface area contributed by atoms with Crippen LogP contribution in [0.5, 0.6) is 0 Å². The molecule has 0 saturated carbocycles. The van der Waals surface area contributed by atoms with Crippen LogP contribution in [0.1, 0.15) is 157 Å². The van der Waals surface area contributed by atoms with Crippen molar-refractivity contribution in [3.05, 3.63) is 143 Å². The molecule has 1 aliphatic carbocycles. The van der Waals surface area contributed by atoms with Gasteiger partial charge in [0, 0.05) is 43.2 Å². The van der Waals surface area contributed by atoms with E-state index in [4.69, 9.17) is 0 Å². The molecule has 0 unspecified atom stereocenters. The molecule has 0 bridgehead atoms. The van der Waals surface area contributed by atoms with E-state index in [0.717, 1.165) is 0 Å². The Hall–Kier alpha value is -4.84. The Kier molecular flexibility index (Phi) is 11.0. The molecule has 5 heteroatoms. The Morgan fingerprint density at radius 2 is 1.00 bits per heavy atom. The normalized spacial score (nSPS) is 16.5. The number of fused-ring (bicyclic) bond motifs is 7. The fraction of sp³-hybridized carbons (Fsp3) is 0.415. The molecular weight excluding hydrogens is 880 g/mol. The molecule has 362 valence electrons. The maximum absolute atomic E-state index is 2.70. The second kappa shape index (κ2) is 15.8. The Morgan fingerprint density at radius 1 is 0.500 bits per heavy atom. The summed E-state index contributed by atoms with van der Waals surface area (Å²) < 4.78 is 2.84. The second-order valence-corrected chi connectivity index (χ2v) is 34.0. The SMILES string of the molecule is CC(C)(C)c1ccc(N2c3cc(C(C)(C)C)cc4c3B(c3cc(C(C)(C)C)ccc3N4c3ccc(C(C)(C)C)cc3-c3ccc([Si](C)(C)C)cc3)c3sc4cc5c(cc4c32)C(C)(C)CCC5(C)C)cc1. The number of hydrogen-bond donors (Lipinski definition) is 0. The van der Waals surface area contributed by atoms with E-state index in [1.54, 1.807) is 0 Å². The topological polar surface area (TPSA) is 6.48 Å². The van der Waals surface area contributed by atoms with Gasteiger partial charge in [0.15, 0.2) is 0 Å². The highest BCUT2D eigenvalue weighted by Crippen LogP contribution is 2.54. The van der Waals surface area contributed by atoms with E-state index in [1.807, 2.05) is 0 Å². The molecule has 1 aromatic heterocycles. The van der Waals surface area contributed by atoms with Crippen molar-refractivity contribution in [2.45, 2.75) is 176 Å². The summed E-state index contributed by atoms with van der Waals surface area (Å²) in [5, 5.41) is 2.87. The lowest BCUT2D eigenvalue weighted by molar-refractivity contribution is 0.332. The van der Waals surface area contributed by atoms with Gasteiger partial charge in [0.05, 0.1) is 19.4 Å². The van der Waals surface area contributed by atoms with Gasteiger partial charge in [-0.3, -0.25) is 0 Å². The largest absolute Gasteiger partial charge is 0.311 e. The highest BCUT2D eigenvalue weighted by atomic mass is 32.1. The Bertz CT molecular complexity index is 3220. The minimum atomic E-state index is -1.52. The van der Waals surface area contributed by atoms with E-state index >= 15 is 0 Å². The molecule has 0 atom stereocenters. The maximum atomic E-state index is 2.70. The summed E-state index contributed by atoms with van der Waals surface area (Å²) in [6.07, 6.45) is 2.38. The van der Waals surface area contributed by atoms with E-state index in [0.29, 0.717) is 0 Å². The standard InChI is InChI=1S/C65H79BN2SSi/c1-60(2,3)41-22-26-45(27-23-41)67-54-36-44(63(10,11)12)37-55-57(54)66(59-58(67)48-38-49-50(39-56(48)69-59)65(15,16)33-32-64(49,13)14)51-35-43(62(7,8)9)25-31-53(51)68(55)52-30-24-42(61(4,5)6)34-47(52)40-20-28-46(29-21-40)70(17,18)19/h20-31,34-39H,32-33H2,1-19H3. The average Bonchev–Trinajstić information content (AvgIpc) is 3.64. The zero-order chi connectivity index (χ0) is 50.6. The lowest BCUT2D eigenvalue weighted by atomic mass is 9.36. The predicted molar refractivity (Wildman–Crippen MR) is 314 cm³/mol. The van der Waals surface area contributed by atoms with E-state index in [-0.39, 0.29) is 39.2 Å². The molecule has 7 aromatic rings. The summed E-state index contributed by atoms with van der Waals surface area (Å²) in [4.78, 5) is 5.39. The van der Waals surface area contributed by atoms with E-state index in [9.17, 15) is 0 Å². The van der Waals surface area contributed by atoms with Crippen molar-refractivity contribution < 1.29 is 0 Å². The Morgan fingerprint density at radius 3 is 1.54 bits per heavy atom. The third kappa shape index (κ3) is 8.05. The minimum Gasteiger partial charge on any atom is -0.311 e. The lowest BCUT2D eigenvalue weighted by Gasteiger charge is -2.45. The second-order valence-electron chi connectivity index (χ2n) is 27.9. The van der Waals surface area contributed by atoms with Crippen LogP contribution in [-0.2, 0) is 32.5 Å². The van der Waals surface area contributed by atoms with Crippen LogP contribution in [0.4, 0.5) is 34.1 Å².